The number of rotatable bonds is 8. The zero-order valence-corrected chi connectivity index (χ0v) is 14.5. The number of hydrogen-bond acceptors (Lipinski definition) is 4. The highest BCUT2D eigenvalue weighted by atomic mass is 16.5. The first-order valence-electron chi connectivity index (χ1n) is 8.26. The average Bonchev–Trinajstić information content (AvgIpc) is 2.62. The zero-order chi connectivity index (χ0) is 17.4. The lowest BCUT2D eigenvalue weighted by molar-refractivity contribution is 0.0949. The number of nitrogens with one attached hydrogen (secondary N) is 2. The van der Waals surface area contributed by atoms with Gasteiger partial charge in [0.15, 0.2) is 0 Å². The third-order valence-corrected chi connectivity index (χ3v) is 3.85. The van der Waals surface area contributed by atoms with E-state index in [0.717, 1.165) is 29.8 Å². The summed E-state index contributed by atoms with van der Waals surface area (Å²) < 4.78 is 5.19. The van der Waals surface area contributed by atoms with E-state index in [-0.39, 0.29) is 5.91 Å². The third-order valence-electron chi connectivity index (χ3n) is 3.85. The molecule has 0 saturated carbocycles. The largest absolute Gasteiger partial charge is 0.497 e. The number of aromatic nitrogens is 1. The van der Waals surface area contributed by atoms with Crippen LogP contribution in [0.25, 0.3) is 0 Å². The highest BCUT2D eigenvalue weighted by Crippen LogP contribution is 2.13. The van der Waals surface area contributed by atoms with Crippen LogP contribution < -0.4 is 15.4 Å². The lowest BCUT2D eigenvalue weighted by Crippen LogP contribution is -2.26. The molecule has 5 heteroatoms. The molecular weight excluding hydrogens is 302 g/mol. The number of hydrogen-bond donors (Lipinski definition) is 2. The van der Waals surface area contributed by atoms with Gasteiger partial charge in [0, 0.05) is 12.6 Å². The predicted octanol–water partition coefficient (Wildman–Crippen LogP) is 3.27. The topological polar surface area (TPSA) is 63.2 Å². The average molecular weight is 327 g/mol. The molecule has 0 fully saturated rings. The summed E-state index contributed by atoms with van der Waals surface area (Å²) in [6.45, 7) is 4.79. The maximum atomic E-state index is 12.1. The monoisotopic (exact) mass is 327 g/mol. The highest BCUT2D eigenvalue weighted by molar-refractivity contribution is 5.92. The van der Waals surface area contributed by atoms with E-state index in [2.05, 4.69) is 29.5 Å². The summed E-state index contributed by atoms with van der Waals surface area (Å²) in [6, 6.07) is 11.8. The van der Waals surface area contributed by atoms with Gasteiger partial charge in [0.05, 0.1) is 19.0 Å². The molecule has 2 N–H and O–H groups in total. The van der Waals surface area contributed by atoms with E-state index in [1.807, 2.05) is 30.3 Å². The Kier molecular flexibility index (Phi) is 6.61. The summed E-state index contributed by atoms with van der Waals surface area (Å²) in [5, 5.41) is 6.22. The summed E-state index contributed by atoms with van der Waals surface area (Å²) >= 11 is 0. The molecule has 2 rings (SSSR count). The second-order valence-corrected chi connectivity index (χ2v) is 5.74. The van der Waals surface area contributed by atoms with Gasteiger partial charge in [0.1, 0.15) is 11.4 Å². The molecule has 24 heavy (non-hydrogen) atoms. The van der Waals surface area contributed by atoms with E-state index in [1.165, 1.54) is 0 Å². The van der Waals surface area contributed by atoms with Crippen molar-refractivity contribution < 1.29 is 9.53 Å². The van der Waals surface area contributed by atoms with Crippen molar-refractivity contribution in [3.63, 3.8) is 0 Å². The summed E-state index contributed by atoms with van der Waals surface area (Å²) in [5.74, 6) is 0.665. The van der Waals surface area contributed by atoms with Crippen molar-refractivity contribution in [1.82, 2.24) is 10.3 Å². The molecule has 0 aliphatic rings. The Morgan fingerprint density at radius 2 is 2.12 bits per heavy atom. The van der Waals surface area contributed by atoms with Gasteiger partial charge < -0.3 is 15.4 Å². The van der Waals surface area contributed by atoms with Crippen LogP contribution in [0.3, 0.4) is 0 Å². The number of nitrogens with zero attached hydrogens (tertiary/aromatic N) is 1. The van der Waals surface area contributed by atoms with E-state index < -0.39 is 0 Å². The Balaban J connectivity index is 1.83. The zero-order valence-electron chi connectivity index (χ0n) is 14.5. The van der Waals surface area contributed by atoms with Crippen LogP contribution in [0, 0.1) is 0 Å². The standard InChI is InChI=1S/C19H25N3O2/c1-4-14(2)22-16-8-9-18(21-13-16)19(23)20-11-10-15-6-5-7-17(12-15)24-3/h5-9,12-14,22H,4,10-11H2,1-3H3,(H,20,23). The number of ether oxygens (including phenoxy) is 1. The van der Waals surface area contributed by atoms with Crippen LogP contribution in [0.2, 0.25) is 0 Å². The van der Waals surface area contributed by atoms with Gasteiger partial charge in [-0.1, -0.05) is 19.1 Å². The van der Waals surface area contributed by atoms with Crippen molar-refractivity contribution in [2.45, 2.75) is 32.7 Å². The fourth-order valence-electron chi connectivity index (χ4n) is 2.24. The molecule has 0 bridgehead atoms. The Hall–Kier alpha value is -2.56. The van der Waals surface area contributed by atoms with Crippen LogP contribution in [0.4, 0.5) is 5.69 Å². The Labute approximate surface area is 143 Å². The smallest absolute Gasteiger partial charge is 0.269 e. The van der Waals surface area contributed by atoms with Gasteiger partial charge in [-0.15, -0.1) is 0 Å². The van der Waals surface area contributed by atoms with E-state index in [1.54, 1.807) is 19.4 Å². The van der Waals surface area contributed by atoms with Crippen molar-refractivity contribution >= 4 is 11.6 Å². The van der Waals surface area contributed by atoms with Crippen LogP contribution in [0.1, 0.15) is 36.3 Å². The second kappa shape index (κ2) is 8.91. The van der Waals surface area contributed by atoms with Crippen molar-refractivity contribution in [2.75, 3.05) is 19.0 Å². The predicted molar refractivity (Wildman–Crippen MR) is 96.6 cm³/mol. The number of benzene rings is 1. The van der Waals surface area contributed by atoms with E-state index >= 15 is 0 Å². The van der Waals surface area contributed by atoms with E-state index in [0.29, 0.717) is 18.3 Å². The Bertz CT molecular complexity index is 656. The van der Waals surface area contributed by atoms with Crippen LogP contribution >= 0.6 is 0 Å². The molecule has 1 heterocycles. The molecule has 0 saturated heterocycles. The van der Waals surface area contributed by atoms with Crippen molar-refractivity contribution in [2.24, 2.45) is 0 Å². The quantitative estimate of drug-likeness (QED) is 0.781. The van der Waals surface area contributed by atoms with Gasteiger partial charge in [-0.2, -0.15) is 0 Å². The maximum absolute atomic E-state index is 12.1. The van der Waals surface area contributed by atoms with E-state index in [4.69, 9.17) is 4.74 Å². The molecule has 2 aromatic rings. The molecule has 0 radical (unpaired) electrons. The summed E-state index contributed by atoms with van der Waals surface area (Å²) in [5.41, 5.74) is 2.48. The molecule has 1 amide bonds. The van der Waals surface area contributed by atoms with Gasteiger partial charge in [0.2, 0.25) is 0 Å². The molecule has 1 unspecified atom stereocenters. The van der Waals surface area contributed by atoms with E-state index in [9.17, 15) is 4.79 Å². The number of pyridine rings is 1. The molecule has 1 aromatic heterocycles. The molecule has 5 nitrogen and oxygen atoms in total. The number of amides is 1. The Morgan fingerprint density at radius 3 is 2.79 bits per heavy atom. The summed E-state index contributed by atoms with van der Waals surface area (Å²) in [4.78, 5) is 16.4. The van der Waals surface area contributed by atoms with Crippen molar-refractivity contribution in [3.05, 3.63) is 53.9 Å². The normalized spacial score (nSPS) is 11.6. The summed E-state index contributed by atoms with van der Waals surface area (Å²) in [6.07, 6.45) is 3.48. The van der Waals surface area contributed by atoms with Gasteiger partial charge in [-0.25, -0.2) is 4.98 Å². The SMILES string of the molecule is CCC(C)Nc1ccc(C(=O)NCCc2cccc(OC)c2)nc1. The molecular formula is C19H25N3O2. The highest BCUT2D eigenvalue weighted by Gasteiger charge is 2.07. The van der Waals surface area contributed by atoms with Crippen LogP contribution in [-0.4, -0.2) is 30.6 Å². The first kappa shape index (κ1) is 17.8. The molecule has 0 aliphatic carbocycles. The lowest BCUT2D eigenvalue weighted by atomic mass is 10.1. The molecule has 0 aliphatic heterocycles. The fourth-order valence-corrected chi connectivity index (χ4v) is 2.24. The first-order valence-corrected chi connectivity index (χ1v) is 8.26. The van der Waals surface area contributed by atoms with Crippen LogP contribution in [0.5, 0.6) is 5.75 Å². The number of anilines is 1. The lowest BCUT2D eigenvalue weighted by Gasteiger charge is -2.12. The molecule has 1 atom stereocenters. The first-order chi connectivity index (χ1) is 11.6. The van der Waals surface area contributed by atoms with Crippen LogP contribution in [-0.2, 0) is 6.42 Å². The van der Waals surface area contributed by atoms with Crippen LogP contribution in [0.15, 0.2) is 42.6 Å². The minimum Gasteiger partial charge on any atom is -0.497 e. The minimum atomic E-state index is -0.159. The Morgan fingerprint density at radius 1 is 1.29 bits per heavy atom. The number of methoxy groups -OCH3 is 1. The van der Waals surface area contributed by atoms with Gasteiger partial charge in [-0.3, -0.25) is 4.79 Å². The minimum absolute atomic E-state index is 0.159. The van der Waals surface area contributed by atoms with Gasteiger partial charge >= 0.3 is 0 Å². The molecule has 0 spiro atoms. The molecule has 128 valence electrons. The summed E-state index contributed by atoms with van der Waals surface area (Å²) in [7, 11) is 1.65. The number of carbonyl (C=O) groups is 1. The maximum Gasteiger partial charge on any atom is 0.269 e. The molecule has 1 aromatic carbocycles. The van der Waals surface area contributed by atoms with Gasteiger partial charge in [0.25, 0.3) is 5.91 Å². The third kappa shape index (κ3) is 5.26. The number of carbonyl (C=O) groups excluding carboxylic acids is 1. The fraction of sp³-hybridized carbons (Fsp3) is 0.368. The van der Waals surface area contributed by atoms with Gasteiger partial charge in [-0.05, 0) is 49.6 Å². The van der Waals surface area contributed by atoms with Crippen molar-refractivity contribution in [3.8, 4) is 5.75 Å². The second-order valence-electron chi connectivity index (χ2n) is 5.74. The van der Waals surface area contributed by atoms with Crippen molar-refractivity contribution in [1.29, 1.82) is 0 Å².